The molecule has 1 N–H and O–H groups in total. The van der Waals surface area contributed by atoms with E-state index in [2.05, 4.69) is 23.7 Å². The van der Waals surface area contributed by atoms with Gasteiger partial charge in [0.25, 0.3) is 0 Å². The van der Waals surface area contributed by atoms with Gasteiger partial charge in [-0.05, 0) is 6.92 Å². The molecule has 0 radical (unpaired) electrons. The van der Waals surface area contributed by atoms with Gasteiger partial charge < -0.3 is 14.6 Å². The fraction of sp³-hybridized carbons (Fsp3) is 0.769. The summed E-state index contributed by atoms with van der Waals surface area (Å²) in [7, 11) is 0. The highest BCUT2D eigenvalue weighted by Gasteiger charge is 2.20. The van der Waals surface area contributed by atoms with Gasteiger partial charge in [-0.2, -0.15) is 0 Å². The topological polar surface area (TPSA) is 39.1 Å². The van der Waals surface area contributed by atoms with Gasteiger partial charge in [0.1, 0.15) is 5.82 Å². The highest BCUT2D eigenvalue weighted by molar-refractivity contribution is 5.21. The van der Waals surface area contributed by atoms with Crippen LogP contribution in [0.2, 0.25) is 0 Å². The van der Waals surface area contributed by atoms with Crippen molar-refractivity contribution in [1.29, 1.82) is 0 Å². The maximum atomic E-state index is 5.47. The molecule has 0 unspecified atom stereocenters. The molecule has 1 aromatic heterocycles. The summed E-state index contributed by atoms with van der Waals surface area (Å²) in [6.45, 7) is 10.9. The number of ether oxygens (including phenoxy) is 1. The van der Waals surface area contributed by atoms with Gasteiger partial charge in [-0.3, -0.25) is 0 Å². The number of nitrogens with zero attached hydrogens (tertiary/aromatic N) is 2. The monoisotopic (exact) mass is 237 g/mol. The Labute approximate surface area is 103 Å². The summed E-state index contributed by atoms with van der Waals surface area (Å²) in [4.78, 5) is 4.77. The lowest BCUT2D eigenvalue weighted by molar-refractivity contribution is 0.137. The zero-order chi connectivity index (χ0) is 12.3. The molecule has 0 aromatic carbocycles. The third-order valence-electron chi connectivity index (χ3n) is 3.20. The molecule has 0 atom stereocenters. The van der Waals surface area contributed by atoms with Crippen molar-refractivity contribution in [3.8, 4) is 0 Å². The van der Waals surface area contributed by atoms with E-state index in [1.807, 2.05) is 6.92 Å². The van der Waals surface area contributed by atoms with Crippen LogP contribution in [-0.2, 0) is 24.2 Å². The lowest BCUT2D eigenvalue weighted by Crippen LogP contribution is -2.25. The molecule has 0 aliphatic carbocycles. The molecule has 1 aliphatic rings. The standard InChI is InChI=1S/C13H23N3O/c1-4-17-8-7-16-12-5-6-14-9-11(12)15-13(16)10(2)3/h10,14H,4-9H2,1-3H3. The third-order valence-corrected chi connectivity index (χ3v) is 3.20. The first-order valence-electron chi connectivity index (χ1n) is 6.60. The van der Waals surface area contributed by atoms with Gasteiger partial charge >= 0.3 is 0 Å². The second-order valence-corrected chi connectivity index (χ2v) is 4.79. The summed E-state index contributed by atoms with van der Waals surface area (Å²) in [6.07, 6.45) is 1.08. The van der Waals surface area contributed by atoms with Crippen molar-refractivity contribution >= 4 is 0 Å². The molecule has 0 amide bonds. The summed E-state index contributed by atoms with van der Waals surface area (Å²) < 4.78 is 7.84. The molecule has 2 rings (SSSR count). The Kier molecular flexibility index (Phi) is 4.18. The maximum Gasteiger partial charge on any atom is 0.111 e. The van der Waals surface area contributed by atoms with Crippen molar-refractivity contribution in [2.45, 2.75) is 46.2 Å². The minimum atomic E-state index is 0.474. The number of imidazole rings is 1. The average molecular weight is 237 g/mol. The van der Waals surface area contributed by atoms with Crippen LogP contribution >= 0.6 is 0 Å². The molecule has 0 bridgehead atoms. The summed E-state index contributed by atoms with van der Waals surface area (Å²) in [5.41, 5.74) is 2.64. The van der Waals surface area contributed by atoms with Gasteiger partial charge in [0.05, 0.1) is 12.3 Å². The highest BCUT2D eigenvalue weighted by atomic mass is 16.5. The van der Waals surface area contributed by atoms with Crippen molar-refractivity contribution in [3.05, 3.63) is 17.2 Å². The summed E-state index contributed by atoms with van der Waals surface area (Å²) in [5, 5.41) is 3.38. The van der Waals surface area contributed by atoms with E-state index in [1.165, 1.54) is 17.2 Å². The van der Waals surface area contributed by atoms with Crippen LogP contribution in [-0.4, -0.2) is 29.3 Å². The van der Waals surface area contributed by atoms with E-state index in [0.29, 0.717) is 5.92 Å². The quantitative estimate of drug-likeness (QED) is 0.792. The number of rotatable bonds is 5. The normalized spacial score (nSPS) is 15.3. The Morgan fingerprint density at radius 2 is 2.29 bits per heavy atom. The minimum Gasteiger partial charge on any atom is -0.380 e. The maximum absolute atomic E-state index is 5.47. The molecule has 0 saturated carbocycles. The fourth-order valence-corrected chi connectivity index (χ4v) is 2.38. The van der Waals surface area contributed by atoms with E-state index in [1.54, 1.807) is 0 Å². The minimum absolute atomic E-state index is 0.474. The molecule has 0 fully saturated rings. The average Bonchev–Trinajstić information content (AvgIpc) is 2.69. The van der Waals surface area contributed by atoms with Crippen molar-refractivity contribution in [2.75, 3.05) is 19.8 Å². The Hall–Kier alpha value is -0.870. The summed E-state index contributed by atoms with van der Waals surface area (Å²) >= 11 is 0. The molecule has 1 aliphatic heterocycles. The molecular weight excluding hydrogens is 214 g/mol. The lowest BCUT2D eigenvalue weighted by Gasteiger charge is -2.17. The van der Waals surface area contributed by atoms with E-state index >= 15 is 0 Å². The fourth-order valence-electron chi connectivity index (χ4n) is 2.38. The Morgan fingerprint density at radius 3 is 3.00 bits per heavy atom. The molecular formula is C13H23N3O. The lowest BCUT2D eigenvalue weighted by atomic mass is 10.2. The number of aromatic nitrogens is 2. The predicted molar refractivity (Wildman–Crippen MR) is 68.2 cm³/mol. The van der Waals surface area contributed by atoms with Crippen LogP contribution in [0, 0.1) is 0 Å². The highest BCUT2D eigenvalue weighted by Crippen LogP contribution is 2.21. The van der Waals surface area contributed by atoms with Gasteiger partial charge in [0.2, 0.25) is 0 Å². The second kappa shape index (κ2) is 5.65. The van der Waals surface area contributed by atoms with Crippen LogP contribution in [0.1, 0.15) is 43.9 Å². The molecule has 96 valence electrons. The van der Waals surface area contributed by atoms with E-state index in [0.717, 1.165) is 39.3 Å². The van der Waals surface area contributed by atoms with Gasteiger partial charge in [0, 0.05) is 44.3 Å². The smallest absolute Gasteiger partial charge is 0.111 e. The van der Waals surface area contributed by atoms with E-state index < -0.39 is 0 Å². The predicted octanol–water partition coefficient (Wildman–Crippen LogP) is 1.69. The first kappa shape index (κ1) is 12.6. The molecule has 1 aromatic rings. The van der Waals surface area contributed by atoms with Crippen LogP contribution in [0.15, 0.2) is 0 Å². The van der Waals surface area contributed by atoms with Gasteiger partial charge in [-0.1, -0.05) is 13.8 Å². The Balaban J connectivity index is 2.22. The van der Waals surface area contributed by atoms with Crippen molar-refractivity contribution in [1.82, 2.24) is 14.9 Å². The summed E-state index contributed by atoms with van der Waals surface area (Å²) in [5.74, 6) is 1.68. The first-order valence-corrected chi connectivity index (χ1v) is 6.60. The first-order chi connectivity index (χ1) is 8.24. The van der Waals surface area contributed by atoms with Crippen molar-refractivity contribution < 1.29 is 4.74 Å². The zero-order valence-corrected chi connectivity index (χ0v) is 11.1. The van der Waals surface area contributed by atoms with E-state index in [4.69, 9.17) is 9.72 Å². The number of nitrogens with one attached hydrogen (secondary N) is 1. The number of hydrogen-bond donors (Lipinski definition) is 1. The third kappa shape index (κ3) is 2.69. The van der Waals surface area contributed by atoms with Crippen LogP contribution in [0.5, 0.6) is 0 Å². The van der Waals surface area contributed by atoms with Crippen LogP contribution < -0.4 is 5.32 Å². The van der Waals surface area contributed by atoms with Crippen molar-refractivity contribution in [3.63, 3.8) is 0 Å². The van der Waals surface area contributed by atoms with E-state index in [-0.39, 0.29) is 0 Å². The molecule has 17 heavy (non-hydrogen) atoms. The SMILES string of the molecule is CCOCCn1c(C(C)C)nc2c1CCNC2. The summed E-state index contributed by atoms with van der Waals surface area (Å²) in [6, 6.07) is 0. The van der Waals surface area contributed by atoms with Gasteiger partial charge in [-0.15, -0.1) is 0 Å². The number of fused-ring (bicyclic) bond motifs is 1. The van der Waals surface area contributed by atoms with Crippen LogP contribution in [0.4, 0.5) is 0 Å². The molecule has 4 heteroatoms. The zero-order valence-electron chi connectivity index (χ0n) is 11.1. The van der Waals surface area contributed by atoms with E-state index in [9.17, 15) is 0 Å². The van der Waals surface area contributed by atoms with Gasteiger partial charge in [0.15, 0.2) is 0 Å². The van der Waals surface area contributed by atoms with Crippen LogP contribution in [0.25, 0.3) is 0 Å². The Morgan fingerprint density at radius 1 is 1.47 bits per heavy atom. The van der Waals surface area contributed by atoms with Gasteiger partial charge in [-0.25, -0.2) is 4.98 Å². The second-order valence-electron chi connectivity index (χ2n) is 4.79. The molecule has 4 nitrogen and oxygen atoms in total. The molecule has 0 saturated heterocycles. The molecule has 2 heterocycles. The van der Waals surface area contributed by atoms with Crippen LogP contribution in [0.3, 0.4) is 0 Å². The Bertz CT molecular complexity index is 371. The molecule has 0 spiro atoms. The van der Waals surface area contributed by atoms with Crippen molar-refractivity contribution in [2.24, 2.45) is 0 Å². The number of hydrogen-bond acceptors (Lipinski definition) is 3. The largest absolute Gasteiger partial charge is 0.380 e.